The first-order valence-corrected chi connectivity index (χ1v) is 11.9. The van der Waals surface area contributed by atoms with Crippen LogP contribution in [0.3, 0.4) is 0 Å². The van der Waals surface area contributed by atoms with Gasteiger partial charge < -0.3 is 9.80 Å². The molecule has 6 heteroatoms. The molecule has 0 aliphatic carbocycles. The topological polar surface area (TPSA) is 40.6 Å². The van der Waals surface area contributed by atoms with Crippen LogP contribution < -0.4 is 0 Å². The third-order valence-corrected chi connectivity index (χ3v) is 6.91. The van der Waals surface area contributed by atoms with Gasteiger partial charge in [-0.25, -0.2) is 0 Å². The molecule has 2 aromatic rings. The molecule has 1 aliphatic rings. The molecule has 2 amide bonds. The van der Waals surface area contributed by atoms with Crippen LogP contribution in [-0.4, -0.2) is 46.6 Å². The van der Waals surface area contributed by atoms with Crippen molar-refractivity contribution in [2.75, 3.05) is 19.6 Å². The van der Waals surface area contributed by atoms with E-state index in [1.165, 1.54) is 16.0 Å². The third kappa shape index (κ3) is 5.06. The number of thiophene rings is 1. The van der Waals surface area contributed by atoms with Gasteiger partial charge in [0, 0.05) is 18.0 Å². The summed E-state index contributed by atoms with van der Waals surface area (Å²) in [5.74, 6) is 0.255. The molecule has 0 bridgehead atoms. The number of hydrogen-bond donors (Lipinski definition) is 0. The maximum Gasteiger partial charge on any atom is 0.242 e. The SMILES string of the molecule is Cc1ccccc1C1c2ccsc2CCN1C(=O)CN(CCC(C)C)C(=O)C(C)Cl. The van der Waals surface area contributed by atoms with Gasteiger partial charge in [0.25, 0.3) is 0 Å². The van der Waals surface area contributed by atoms with Crippen LogP contribution in [-0.2, 0) is 16.0 Å². The van der Waals surface area contributed by atoms with Crippen molar-refractivity contribution < 1.29 is 9.59 Å². The van der Waals surface area contributed by atoms with Crippen molar-refractivity contribution >= 4 is 34.8 Å². The molecule has 0 fully saturated rings. The van der Waals surface area contributed by atoms with E-state index in [1.807, 2.05) is 17.0 Å². The van der Waals surface area contributed by atoms with Crippen LogP contribution in [0.15, 0.2) is 35.7 Å². The maximum absolute atomic E-state index is 13.5. The second-order valence-corrected chi connectivity index (χ2v) is 10.1. The molecule has 1 aliphatic heterocycles. The third-order valence-electron chi connectivity index (χ3n) is 5.72. The van der Waals surface area contributed by atoms with Crippen LogP contribution in [0.5, 0.6) is 0 Å². The molecular weight excluding hydrogens is 416 g/mol. The first-order chi connectivity index (χ1) is 14.3. The predicted molar refractivity (Wildman–Crippen MR) is 124 cm³/mol. The zero-order valence-electron chi connectivity index (χ0n) is 18.2. The lowest BCUT2D eigenvalue weighted by Gasteiger charge is -2.38. The highest BCUT2D eigenvalue weighted by Crippen LogP contribution is 2.39. The molecule has 3 rings (SSSR count). The molecule has 2 heterocycles. The van der Waals surface area contributed by atoms with Crippen molar-refractivity contribution in [1.29, 1.82) is 0 Å². The maximum atomic E-state index is 13.5. The summed E-state index contributed by atoms with van der Waals surface area (Å²) in [6.45, 7) is 9.28. The van der Waals surface area contributed by atoms with Gasteiger partial charge in [0.05, 0.1) is 12.6 Å². The number of benzene rings is 1. The summed E-state index contributed by atoms with van der Waals surface area (Å²) in [4.78, 5) is 31.1. The van der Waals surface area contributed by atoms with E-state index in [9.17, 15) is 9.59 Å². The molecule has 162 valence electrons. The lowest BCUT2D eigenvalue weighted by molar-refractivity contribution is -0.141. The number of carbonyl (C=O) groups is 2. The average Bonchev–Trinajstić information content (AvgIpc) is 3.19. The average molecular weight is 447 g/mol. The summed E-state index contributed by atoms with van der Waals surface area (Å²) in [5.41, 5.74) is 3.53. The largest absolute Gasteiger partial charge is 0.332 e. The molecule has 0 radical (unpaired) electrons. The normalized spacial score (nSPS) is 17.0. The number of fused-ring (bicyclic) bond motifs is 1. The molecule has 4 nitrogen and oxygen atoms in total. The van der Waals surface area contributed by atoms with Gasteiger partial charge in [0.2, 0.25) is 11.8 Å². The molecule has 2 unspecified atom stereocenters. The minimum Gasteiger partial charge on any atom is -0.332 e. The quantitative estimate of drug-likeness (QED) is 0.559. The van der Waals surface area contributed by atoms with Crippen molar-refractivity contribution in [2.45, 2.75) is 52.0 Å². The fourth-order valence-electron chi connectivity index (χ4n) is 4.00. The highest BCUT2D eigenvalue weighted by atomic mass is 35.5. The molecule has 1 aromatic carbocycles. The summed E-state index contributed by atoms with van der Waals surface area (Å²) in [5, 5.41) is 1.47. The first-order valence-electron chi connectivity index (χ1n) is 10.6. The summed E-state index contributed by atoms with van der Waals surface area (Å²) >= 11 is 7.85. The Kier molecular flexibility index (Phi) is 7.59. The van der Waals surface area contributed by atoms with Crippen molar-refractivity contribution in [3.05, 3.63) is 57.3 Å². The van der Waals surface area contributed by atoms with Gasteiger partial charge in [-0.2, -0.15) is 0 Å². The highest BCUT2D eigenvalue weighted by Gasteiger charge is 2.34. The van der Waals surface area contributed by atoms with E-state index in [2.05, 4.69) is 44.4 Å². The number of alkyl halides is 1. The van der Waals surface area contributed by atoms with Crippen LogP contribution in [0.25, 0.3) is 0 Å². The molecule has 30 heavy (non-hydrogen) atoms. The summed E-state index contributed by atoms with van der Waals surface area (Å²) in [6.07, 6.45) is 1.70. The van der Waals surface area contributed by atoms with Crippen LogP contribution in [0.1, 0.15) is 54.8 Å². The Morgan fingerprint density at radius 1 is 1.20 bits per heavy atom. The van der Waals surface area contributed by atoms with E-state index in [0.29, 0.717) is 19.0 Å². The Morgan fingerprint density at radius 3 is 2.60 bits per heavy atom. The van der Waals surface area contributed by atoms with Crippen LogP contribution in [0.4, 0.5) is 0 Å². The molecule has 1 aromatic heterocycles. The zero-order valence-corrected chi connectivity index (χ0v) is 19.8. The van der Waals surface area contributed by atoms with Crippen molar-refractivity contribution in [1.82, 2.24) is 9.80 Å². The zero-order chi connectivity index (χ0) is 21.8. The van der Waals surface area contributed by atoms with Crippen molar-refractivity contribution in [3.8, 4) is 0 Å². The summed E-state index contributed by atoms with van der Waals surface area (Å²) < 4.78 is 0. The Bertz CT molecular complexity index is 893. The van der Waals surface area contributed by atoms with Crippen molar-refractivity contribution in [2.24, 2.45) is 5.92 Å². The molecule has 0 saturated carbocycles. The Labute approximate surface area is 188 Å². The van der Waals surface area contributed by atoms with Crippen LogP contribution in [0.2, 0.25) is 0 Å². The van der Waals surface area contributed by atoms with Gasteiger partial charge in [-0.05, 0) is 60.7 Å². The summed E-state index contributed by atoms with van der Waals surface area (Å²) in [7, 11) is 0. The van der Waals surface area contributed by atoms with E-state index in [-0.39, 0.29) is 24.4 Å². The Morgan fingerprint density at radius 2 is 1.93 bits per heavy atom. The lowest BCUT2D eigenvalue weighted by Crippen LogP contribution is -2.48. The Hall–Kier alpha value is -1.85. The lowest BCUT2D eigenvalue weighted by atomic mass is 9.90. The number of rotatable bonds is 7. The van der Waals surface area contributed by atoms with Crippen molar-refractivity contribution in [3.63, 3.8) is 0 Å². The van der Waals surface area contributed by atoms with E-state index < -0.39 is 5.38 Å². The Balaban J connectivity index is 1.89. The number of nitrogens with zero attached hydrogens (tertiary/aromatic N) is 2. The highest BCUT2D eigenvalue weighted by molar-refractivity contribution is 7.10. The predicted octanol–water partition coefficient (Wildman–Crippen LogP) is 5.03. The molecule has 2 atom stereocenters. The van der Waals surface area contributed by atoms with Crippen LogP contribution in [0, 0.1) is 12.8 Å². The monoisotopic (exact) mass is 446 g/mol. The van der Waals surface area contributed by atoms with Gasteiger partial charge >= 0.3 is 0 Å². The van der Waals surface area contributed by atoms with Crippen LogP contribution >= 0.6 is 22.9 Å². The number of halogens is 1. The number of hydrogen-bond acceptors (Lipinski definition) is 3. The second-order valence-electron chi connectivity index (χ2n) is 8.45. The first kappa shape index (κ1) is 22.8. The smallest absolute Gasteiger partial charge is 0.242 e. The summed E-state index contributed by atoms with van der Waals surface area (Å²) in [6, 6.07) is 10.3. The van der Waals surface area contributed by atoms with Gasteiger partial charge in [-0.15, -0.1) is 22.9 Å². The molecule has 0 spiro atoms. The number of aryl methyl sites for hydroxylation is 1. The molecular formula is C24H31ClN2O2S. The minimum atomic E-state index is -0.637. The number of carbonyl (C=O) groups excluding carboxylic acids is 2. The second kappa shape index (κ2) is 9.97. The van der Waals surface area contributed by atoms with Gasteiger partial charge in [-0.1, -0.05) is 38.1 Å². The van der Waals surface area contributed by atoms with E-state index in [1.54, 1.807) is 23.2 Å². The van der Waals surface area contributed by atoms with E-state index in [4.69, 9.17) is 11.6 Å². The van der Waals surface area contributed by atoms with E-state index in [0.717, 1.165) is 18.4 Å². The molecule has 0 N–H and O–H groups in total. The van der Waals surface area contributed by atoms with Gasteiger partial charge in [0.15, 0.2) is 0 Å². The number of amides is 2. The van der Waals surface area contributed by atoms with Gasteiger partial charge in [-0.3, -0.25) is 9.59 Å². The fraction of sp³-hybridized carbons (Fsp3) is 0.500. The fourth-order valence-corrected chi connectivity index (χ4v) is 5.04. The van der Waals surface area contributed by atoms with E-state index >= 15 is 0 Å². The standard InChI is InChI=1S/C24H31ClN2O2S/c1-16(2)9-12-26(24(29)18(4)25)15-22(28)27-13-10-21-20(11-14-30-21)23(27)19-8-6-5-7-17(19)3/h5-8,11,14,16,18,23H,9-10,12-13,15H2,1-4H3. The molecule has 0 saturated heterocycles. The van der Waals surface area contributed by atoms with Gasteiger partial charge in [0.1, 0.15) is 5.38 Å². The minimum absolute atomic E-state index is 0.0190.